The monoisotopic (exact) mass is 210 g/mol. The van der Waals surface area contributed by atoms with Crippen LogP contribution in [0.1, 0.15) is 51.4 Å². The Balaban J connectivity index is 2.12. The summed E-state index contributed by atoms with van der Waals surface area (Å²) in [6.45, 7) is 0. The third kappa shape index (κ3) is 2.21. The highest BCUT2D eigenvalue weighted by atomic mass is 15.2. The van der Waals surface area contributed by atoms with Crippen molar-refractivity contribution < 1.29 is 0 Å². The zero-order valence-electron chi connectivity index (χ0n) is 10.3. The highest BCUT2D eigenvalue weighted by Crippen LogP contribution is 2.43. The van der Waals surface area contributed by atoms with Crippen LogP contribution in [0.2, 0.25) is 0 Å². The lowest BCUT2D eigenvalue weighted by Gasteiger charge is -2.44. The van der Waals surface area contributed by atoms with Crippen molar-refractivity contribution in [1.82, 2.24) is 4.90 Å². The Morgan fingerprint density at radius 2 is 1.60 bits per heavy atom. The van der Waals surface area contributed by atoms with Gasteiger partial charge in [0, 0.05) is 11.6 Å². The molecule has 15 heavy (non-hydrogen) atoms. The first-order chi connectivity index (χ1) is 7.17. The zero-order chi connectivity index (χ0) is 10.9. The number of hydrogen-bond acceptors (Lipinski definition) is 2. The summed E-state index contributed by atoms with van der Waals surface area (Å²) in [4.78, 5) is 2.43. The van der Waals surface area contributed by atoms with Crippen LogP contribution < -0.4 is 5.73 Å². The van der Waals surface area contributed by atoms with E-state index in [1.165, 1.54) is 51.4 Å². The summed E-state index contributed by atoms with van der Waals surface area (Å²) < 4.78 is 0. The Labute approximate surface area is 94.2 Å². The zero-order valence-corrected chi connectivity index (χ0v) is 10.3. The van der Waals surface area contributed by atoms with Gasteiger partial charge in [-0.2, -0.15) is 0 Å². The number of likely N-dealkylation sites (N-methyl/N-ethyl adjacent to an activating group) is 1. The van der Waals surface area contributed by atoms with E-state index in [4.69, 9.17) is 5.73 Å². The molecule has 0 spiro atoms. The molecule has 0 aliphatic heterocycles. The van der Waals surface area contributed by atoms with Crippen molar-refractivity contribution in [3.63, 3.8) is 0 Å². The maximum Gasteiger partial charge on any atom is 0.0357 e. The smallest absolute Gasteiger partial charge is 0.0357 e. The molecule has 1 unspecified atom stereocenters. The molecule has 2 nitrogen and oxygen atoms in total. The molecule has 0 bridgehead atoms. The Kier molecular flexibility index (Phi) is 3.36. The molecule has 88 valence electrons. The molecular weight excluding hydrogens is 184 g/mol. The van der Waals surface area contributed by atoms with Crippen molar-refractivity contribution in [2.45, 2.75) is 62.9 Å². The standard InChI is InChI=1S/C13H26N2/c1-15(2)13(12(14)11-7-8-11)9-5-3-4-6-10-13/h11-12H,3-10,14H2,1-2H3. The predicted octanol–water partition coefficient (Wildman–Crippen LogP) is 2.38. The van der Waals surface area contributed by atoms with Gasteiger partial charge >= 0.3 is 0 Å². The molecule has 0 aromatic heterocycles. The van der Waals surface area contributed by atoms with Crippen LogP contribution in [0.3, 0.4) is 0 Å². The van der Waals surface area contributed by atoms with E-state index >= 15 is 0 Å². The average Bonchev–Trinajstić information content (AvgIpc) is 3.04. The molecule has 2 aliphatic carbocycles. The Hall–Kier alpha value is -0.0800. The fraction of sp³-hybridized carbons (Fsp3) is 1.00. The van der Waals surface area contributed by atoms with Crippen molar-refractivity contribution >= 4 is 0 Å². The molecule has 2 fully saturated rings. The van der Waals surface area contributed by atoms with E-state index in [9.17, 15) is 0 Å². The van der Waals surface area contributed by atoms with Crippen LogP contribution in [0.15, 0.2) is 0 Å². The molecule has 0 heterocycles. The topological polar surface area (TPSA) is 29.3 Å². The minimum atomic E-state index is 0.317. The van der Waals surface area contributed by atoms with Gasteiger partial charge in [0.05, 0.1) is 0 Å². The third-order valence-electron chi connectivity index (χ3n) is 4.61. The van der Waals surface area contributed by atoms with E-state index in [1.54, 1.807) is 0 Å². The lowest BCUT2D eigenvalue weighted by atomic mass is 9.79. The maximum absolute atomic E-state index is 6.52. The van der Waals surface area contributed by atoms with E-state index in [2.05, 4.69) is 19.0 Å². The molecule has 2 rings (SSSR count). The van der Waals surface area contributed by atoms with Crippen LogP contribution >= 0.6 is 0 Å². The van der Waals surface area contributed by atoms with Gasteiger partial charge in [-0.3, -0.25) is 0 Å². The van der Waals surface area contributed by atoms with E-state index in [0.717, 1.165) is 5.92 Å². The van der Waals surface area contributed by atoms with Crippen molar-refractivity contribution in [3.05, 3.63) is 0 Å². The highest BCUT2D eigenvalue weighted by molar-refractivity contribution is 5.04. The molecular formula is C13H26N2. The fourth-order valence-corrected chi connectivity index (χ4v) is 3.31. The quantitative estimate of drug-likeness (QED) is 0.725. The number of rotatable bonds is 3. The molecule has 2 aliphatic rings. The van der Waals surface area contributed by atoms with Crippen molar-refractivity contribution in [2.24, 2.45) is 11.7 Å². The van der Waals surface area contributed by atoms with Crippen LogP contribution in [0.25, 0.3) is 0 Å². The van der Waals surface area contributed by atoms with Gasteiger partial charge in [0.2, 0.25) is 0 Å². The number of nitrogens with two attached hydrogens (primary N) is 1. The number of hydrogen-bond donors (Lipinski definition) is 1. The summed E-state index contributed by atoms with van der Waals surface area (Å²) >= 11 is 0. The SMILES string of the molecule is CN(C)C1(C(N)C2CC2)CCCCCC1. The molecule has 1 atom stereocenters. The lowest BCUT2D eigenvalue weighted by molar-refractivity contribution is 0.0880. The first-order valence-electron chi connectivity index (χ1n) is 6.60. The van der Waals surface area contributed by atoms with Crippen molar-refractivity contribution in [1.29, 1.82) is 0 Å². The highest BCUT2D eigenvalue weighted by Gasteiger charge is 2.45. The fourth-order valence-electron chi connectivity index (χ4n) is 3.31. The van der Waals surface area contributed by atoms with Crippen LogP contribution in [-0.4, -0.2) is 30.6 Å². The molecule has 2 N–H and O–H groups in total. The summed E-state index contributed by atoms with van der Waals surface area (Å²) in [6.07, 6.45) is 10.9. The van der Waals surface area contributed by atoms with Crippen LogP contribution in [0.4, 0.5) is 0 Å². The van der Waals surface area contributed by atoms with Crippen LogP contribution in [0, 0.1) is 5.92 Å². The first kappa shape index (κ1) is 11.4. The normalized spacial score (nSPS) is 28.8. The average molecular weight is 210 g/mol. The van der Waals surface area contributed by atoms with E-state index in [-0.39, 0.29) is 0 Å². The van der Waals surface area contributed by atoms with Gasteiger partial charge in [-0.25, -0.2) is 0 Å². The Morgan fingerprint density at radius 1 is 1.07 bits per heavy atom. The van der Waals surface area contributed by atoms with Gasteiger partial charge in [0.1, 0.15) is 0 Å². The summed E-state index contributed by atoms with van der Waals surface area (Å²) in [6, 6.07) is 0.422. The van der Waals surface area contributed by atoms with Gasteiger partial charge in [0.15, 0.2) is 0 Å². The van der Waals surface area contributed by atoms with Gasteiger partial charge in [0.25, 0.3) is 0 Å². The van der Waals surface area contributed by atoms with Gasteiger partial charge in [-0.05, 0) is 45.7 Å². The molecule has 0 aromatic rings. The minimum absolute atomic E-state index is 0.317. The van der Waals surface area contributed by atoms with Gasteiger partial charge in [-0.1, -0.05) is 25.7 Å². The van der Waals surface area contributed by atoms with E-state index in [0.29, 0.717) is 11.6 Å². The van der Waals surface area contributed by atoms with Crippen LogP contribution in [-0.2, 0) is 0 Å². The molecule has 0 saturated heterocycles. The second-order valence-electron chi connectivity index (χ2n) is 5.78. The number of nitrogens with zero attached hydrogens (tertiary/aromatic N) is 1. The predicted molar refractivity (Wildman–Crippen MR) is 64.8 cm³/mol. The summed E-state index contributed by atoms with van der Waals surface area (Å²) in [5.41, 5.74) is 6.83. The molecule has 0 amide bonds. The maximum atomic E-state index is 6.52. The van der Waals surface area contributed by atoms with Crippen molar-refractivity contribution in [3.8, 4) is 0 Å². The third-order valence-corrected chi connectivity index (χ3v) is 4.61. The Morgan fingerprint density at radius 3 is 2.00 bits per heavy atom. The molecule has 0 aromatic carbocycles. The molecule has 2 saturated carbocycles. The largest absolute Gasteiger partial charge is 0.326 e. The Bertz CT molecular complexity index is 201. The first-order valence-corrected chi connectivity index (χ1v) is 6.60. The van der Waals surface area contributed by atoms with Gasteiger partial charge < -0.3 is 10.6 Å². The van der Waals surface area contributed by atoms with Gasteiger partial charge in [-0.15, -0.1) is 0 Å². The minimum Gasteiger partial charge on any atom is -0.326 e. The second kappa shape index (κ2) is 4.42. The van der Waals surface area contributed by atoms with Crippen LogP contribution in [0.5, 0.6) is 0 Å². The molecule has 2 heteroatoms. The van der Waals surface area contributed by atoms with Crippen molar-refractivity contribution in [2.75, 3.05) is 14.1 Å². The summed E-state index contributed by atoms with van der Waals surface area (Å²) in [7, 11) is 4.46. The lowest BCUT2D eigenvalue weighted by Crippen LogP contribution is -2.58. The molecule has 0 radical (unpaired) electrons. The summed E-state index contributed by atoms with van der Waals surface area (Å²) in [5, 5.41) is 0. The van der Waals surface area contributed by atoms with E-state index in [1.807, 2.05) is 0 Å². The summed E-state index contributed by atoms with van der Waals surface area (Å²) in [5.74, 6) is 0.825. The van der Waals surface area contributed by atoms with E-state index < -0.39 is 0 Å². The second-order valence-corrected chi connectivity index (χ2v) is 5.78.